The van der Waals surface area contributed by atoms with E-state index in [9.17, 15) is 28.7 Å². The minimum atomic E-state index is -1.24. The van der Waals surface area contributed by atoms with Gasteiger partial charge in [-0.25, -0.2) is 9.18 Å². The van der Waals surface area contributed by atoms with Crippen molar-refractivity contribution in [3.8, 4) is 28.0 Å². The number of aliphatic hydroxyl groups is 1. The van der Waals surface area contributed by atoms with E-state index in [1.54, 1.807) is 41.0 Å². The van der Waals surface area contributed by atoms with Crippen molar-refractivity contribution in [1.82, 2.24) is 9.88 Å². The Bertz CT molecular complexity index is 1850. The van der Waals surface area contributed by atoms with Crippen LogP contribution in [-0.2, 0) is 25.6 Å². The highest BCUT2D eigenvalue weighted by Crippen LogP contribution is 2.42. The molecule has 0 bridgehead atoms. The lowest BCUT2D eigenvalue weighted by Crippen LogP contribution is -2.27. The maximum Gasteiger partial charge on any atom is 0.341 e. The van der Waals surface area contributed by atoms with Crippen LogP contribution in [0.5, 0.6) is 5.75 Å². The maximum atomic E-state index is 14.3. The van der Waals surface area contributed by atoms with E-state index in [4.69, 9.17) is 9.47 Å². The lowest BCUT2D eigenvalue weighted by atomic mass is 9.94. The first-order valence-electron chi connectivity index (χ1n) is 15.6. The molecular weight excluding hydrogens is 631 g/mol. The Hall–Kier alpha value is -5.55. The molecular formula is C38H39FN2O8. The summed E-state index contributed by atoms with van der Waals surface area (Å²) in [5, 5.41) is 13.2. The predicted molar refractivity (Wildman–Crippen MR) is 182 cm³/mol. The third-order valence-corrected chi connectivity index (χ3v) is 7.79. The van der Waals surface area contributed by atoms with Gasteiger partial charge in [-0.3, -0.25) is 14.4 Å². The highest BCUT2D eigenvalue weighted by atomic mass is 19.1. The second-order valence-corrected chi connectivity index (χ2v) is 11.5. The predicted octanol–water partition coefficient (Wildman–Crippen LogP) is 6.16. The van der Waals surface area contributed by atoms with Crippen LogP contribution in [0.2, 0.25) is 0 Å². The molecule has 0 saturated carbocycles. The number of aromatic nitrogens is 1. The molecule has 256 valence electrons. The fraction of sp³-hybridized carbons (Fsp3) is 0.263. The summed E-state index contributed by atoms with van der Waals surface area (Å²) in [4.78, 5) is 51.3. The van der Waals surface area contributed by atoms with Gasteiger partial charge in [-0.05, 0) is 67.0 Å². The summed E-state index contributed by atoms with van der Waals surface area (Å²) in [5.74, 6) is -2.23. The van der Waals surface area contributed by atoms with Crippen molar-refractivity contribution in [3.05, 3.63) is 107 Å². The van der Waals surface area contributed by atoms with E-state index in [2.05, 4.69) is 10.1 Å². The number of amides is 1. The first kappa shape index (κ1) is 36.3. The number of ether oxygens (including phenoxy) is 3. The zero-order valence-electron chi connectivity index (χ0n) is 28.0. The van der Waals surface area contributed by atoms with E-state index in [0.29, 0.717) is 45.0 Å². The Morgan fingerprint density at radius 3 is 2.16 bits per heavy atom. The molecule has 0 saturated heterocycles. The van der Waals surface area contributed by atoms with Gasteiger partial charge >= 0.3 is 11.9 Å². The van der Waals surface area contributed by atoms with Gasteiger partial charge in [0.25, 0.3) is 5.91 Å². The molecule has 1 amide bonds. The van der Waals surface area contributed by atoms with Gasteiger partial charge in [0.15, 0.2) is 5.78 Å². The van der Waals surface area contributed by atoms with Crippen molar-refractivity contribution in [2.45, 2.75) is 45.4 Å². The van der Waals surface area contributed by atoms with Crippen LogP contribution in [-0.4, -0.2) is 60.7 Å². The molecule has 1 aromatic heterocycles. The number of hydrogen-bond donors (Lipinski definition) is 2. The first-order chi connectivity index (χ1) is 23.5. The molecule has 0 spiro atoms. The Morgan fingerprint density at radius 2 is 1.55 bits per heavy atom. The topological polar surface area (TPSA) is 133 Å². The van der Waals surface area contributed by atoms with Gasteiger partial charge in [-0.1, -0.05) is 48.5 Å². The molecule has 0 fully saturated rings. The second-order valence-electron chi connectivity index (χ2n) is 11.5. The average Bonchev–Trinajstić information content (AvgIpc) is 3.45. The molecule has 3 aromatic carbocycles. The third kappa shape index (κ3) is 8.68. The van der Waals surface area contributed by atoms with Crippen LogP contribution in [0.4, 0.5) is 4.39 Å². The Labute approximate surface area is 284 Å². The molecule has 49 heavy (non-hydrogen) atoms. The van der Waals surface area contributed by atoms with Gasteiger partial charge < -0.3 is 29.2 Å². The molecule has 10 nitrogen and oxygen atoms in total. The normalized spacial score (nSPS) is 11.8. The van der Waals surface area contributed by atoms with E-state index in [-0.39, 0.29) is 31.0 Å². The number of esters is 2. The summed E-state index contributed by atoms with van der Waals surface area (Å²) in [6.07, 6.45) is 0.966. The Morgan fingerprint density at radius 1 is 0.878 bits per heavy atom. The number of carbonyl (C=O) groups is 4. The molecule has 0 radical (unpaired) electrons. The number of nitrogens with zero attached hydrogens (tertiary/aromatic N) is 1. The smallest absolute Gasteiger partial charge is 0.341 e. The van der Waals surface area contributed by atoms with Gasteiger partial charge in [-0.15, -0.1) is 0 Å². The van der Waals surface area contributed by atoms with Gasteiger partial charge in [0.1, 0.15) is 22.8 Å². The third-order valence-electron chi connectivity index (χ3n) is 7.79. The average molecular weight is 671 g/mol. The minimum absolute atomic E-state index is 0.0535. The number of methoxy groups -OCH3 is 3. The molecule has 1 heterocycles. The fourth-order valence-electron chi connectivity index (χ4n) is 5.55. The highest BCUT2D eigenvalue weighted by molar-refractivity contribution is 6.07. The van der Waals surface area contributed by atoms with Gasteiger partial charge in [0.05, 0.1) is 39.5 Å². The molecule has 0 aliphatic carbocycles. The van der Waals surface area contributed by atoms with Crippen molar-refractivity contribution in [1.29, 1.82) is 0 Å². The van der Waals surface area contributed by atoms with Crippen LogP contribution in [0, 0.1) is 5.82 Å². The monoisotopic (exact) mass is 670 g/mol. The molecule has 0 unspecified atom stereocenters. The lowest BCUT2D eigenvalue weighted by Gasteiger charge is -2.17. The van der Waals surface area contributed by atoms with Crippen LogP contribution in [0.15, 0.2) is 78.9 Å². The number of nitrogens with one attached hydrogen (secondary N) is 1. The molecule has 4 aromatic rings. The number of hydrogen-bond acceptors (Lipinski definition) is 8. The van der Waals surface area contributed by atoms with E-state index in [1.165, 1.54) is 39.5 Å². The van der Waals surface area contributed by atoms with Crippen molar-refractivity contribution in [3.63, 3.8) is 0 Å². The van der Waals surface area contributed by atoms with Crippen LogP contribution in [0.1, 0.15) is 64.8 Å². The largest absolute Gasteiger partial charge is 0.496 e. The summed E-state index contributed by atoms with van der Waals surface area (Å²) < 4.78 is 30.7. The van der Waals surface area contributed by atoms with Crippen LogP contribution in [0.3, 0.4) is 0 Å². The Balaban J connectivity index is 1.87. The lowest BCUT2D eigenvalue weighted by molar-refractivity contribution is -0.143. The first-order valence-corrected chi connectivity index (χ1v) is 15.6. The van der Waals surface area contributed by atoms with Crippen molar-refractivity contribution < 1.29 is 42.9 Å². The van der Waals surface area contributed by atoms with Crippen LogP contribution in [0.25, 0.3) is 28.3 Å². The summed E-state index contributed by atoms with van der Waals surface area (Å²) in [5.41, 5.74) is 4.07. The molecule has 11 heteroatoms. The highest BCUT2D eigenvalue weighted by Gasteiger charge is 2.29. The Kier molecular flexibility index (Phi) is 12.2. The number of rotatable bonds is 14. The van der Waals surface area contributed by atoms with Crippen LogP contribution >= 0.6 is 0 Å². The zero-order chi connectivity index (χ0) is 35.7. The summed E-state index contributed by atoms with van der Waals surface area (Å²) in [7, 11) is 3.91. The van der Waals surface area contributed by atoms with Gasteiger partial charge in [0, 0.05) is 30.1 Å². The summed E-state index contributed by atoms with van der Waals surface area (Å²) in [6, 6.07) is 19.7. The molecule has 1 atom stereocenters. The number of carbonyl (C=O) groups excluding carboxylic acids is 4. The van der Waals surface area contributed by atoms with Crippen molar-refractivity contribution in [2.75, 3.05) is 21.3 Å². The number of halogens is 1. The maximum absolute atomic E-state index is 14.3. The van der Waals surface area contributed by atoms with E-state index >= 15 is 0 Å². The summed E-state index contributed by atoms with van der Waals surface area (Å²) in [6.45, 7) is 3.84. The number of aliphatic hydroxyl groups excluding tert-OH is 1. The molecule has 0 aliphatic heterocycles. The SMILES string of the molecule is COC(=O)C[C@H](O)CC(=O)C=Cc1c(-c2ccc(F)cc2)c(-c2ccccc2)c(C(=O)NCc2ccc(OC)c(C(=O)OC)c2)n1C(C)C. The fourth-order valence-corrected chi connectivity index (χ4v) is 5.55. The molecule has 4 rings (SSSR count). The number of ketones is 1. The van der Waals surface area contributed by atoms with Crippen molar-refractivity contribution in [2.24, 2.45) is 0 Å². The summed E-state index contributed by atoms with van der Waals surface area (Å²) >= 11 is 0. The zero-order valence-corrected chi connectivity index (χ0v) is 28.0. The van der Waals surface area contributed by atoms with Crippen LogP contribution < -0.4 is 10.1 Å². The molecule has 0 aliphatic rings. The number of benzene rings is 3. The van der Waals surface area contributed by atoms with E-state index < -0.39 is 35.6 Å². The number of allylic oxidation sites excluding steroid dienone is 1. The quantitative estimate of drug-likeness (QED) is 0.120. The second kappa shape index (κ2) is 16.5. The van der Waals surface area contributed by atoms with Gasteiger partial charge in [0.2, 0.25) is 0 Å². The van der Waals surface area contributed by atoms with Crippen molar-refractivity contribution >= 4 is 29.7 Å². The van der Waals surface area contributed by atoms with E-state index in [1.807, 2.05) is 44.2 Å². The molecule has 2 N–H and O–H groups in total. The minimum Gasteiger partial charge on any atom is -0.496 e. The van der Waals surface area contributed by atoms with E-state index in [0.717, 1.165) is 0 Å². The van der Waals surface area contributed by atoms with Gasteiger partial charge in [-0.2, -0.15) is 0 Å². The standard InChI is InChI=1S/C38H39FN2O8/c1-23(2)41-31(17-16-28(42)20-29(43)21-33(44)48-4)34(26-12-14-27(39)15-13-26)35(25-9-7-6-8-10-25)36(41)37(45)40-22-24-11-18-32(47-3)30(19-24)38(46)49-5/h6-19,23,29,43H,20-22H2,1-5H3,(H,40,45)/t29-/m1/s1.